The summed E-state index contributed by atoms with van der Waals surface area (Å²) in [6.07, 6.45) is 1.77. The van der Waals surface area contributed by atoms with Crippen LogP contribution in [-0.4, -0.2) is 43.2 Å². The highest BCUT2D eigenvalue weighted by molar-refractivity contribution is 7.89. The number of piperidine rings is 1. The van der Waals surface area contributed by atoms with Gasteiger partial charge in [0.05, 0.1) is 20.1 Å². The normalized spacial score (nSPS) is 15.8. The summed E-state index contributed by atoms with van der Waals surface area (Å²) in [5.41, 5.74) is 3.60. The van der Waals surface area contributed by atoms with Crippen LogP contribution in [0.4, 0.5) is 0 Å². The zero-order chi connectivity index (χ0) is 22.9. The molecule has 1 aromatic heterocycles. The van der Waals surface area contributed by atoms with Crippen molar-refractivity contribution in [2.24, 2.45) is 5.92 Å². The summed E-state index contributed by atoms with van der Waals surface area (Å²) >= 11 is 1.65. The Hall–Kier alpha value is -2.29. The Kier molecular flexibility index (Phi) is 6.65. The van der Waals surface area contributed by atoms with E-state index in [1.807, 2.05) is 51.1 Å². The van der Waals surface area contributed by atoms with Crippen LogP contribution in [0.25, 0.3) is 10.2 Å². The molecule has 1 fully saturated rings. The molecule has 6 nitrogen and oxygen atoms in total. The van der Waals surface area contributed by atoms with Gasteiger partial charge in [-0.3, -0.25) is 4.79 Å². The Morgan fingerprint density at radius 2 is 1.78 bits per heavy atom. The van der Waals surface area contributed by atoms with Crippen LogP contribution in [0.5, 0.6) is 0 Å². The molecular weight excluding hydrogens is 442 g/mol. The number of aryl methyl sites for hydroxylation is 3. The van der Waals surface area contributed by atoms with Gasteiger partial charge in [-0.25, -0.2) is 13.4 Å². The summed E-state index contributed by atoms with van der Waals surface area (Å²) in [4.78, 5) is 17.6. The number of para-hydroxylation sites is 1. The molecule has 1 saturated heterocycles. The van der Waals surface area contributed by atoms with Crippen LogP contribution < -0.4 is 5.32 Å². The summed E-state index contributed by atoms with van der Waals surface area (Å²) in [7, 11) is -3.56. The third-order valence-electron chi connectivity index (χ3n) is 6.00. The molecule has 2 heterocycles. The average molecular weight is 472 g/mol. The number of hydrogen-bond acceptors (Lipinski definition) is 5. The fourth-order valence-electron chi connectivity index (χ4n) is 4.52. The Labute approximate surface area is 193 Å². The monoisotopic (exact) mass is 471 g/mol. The Morgan fingerprint density at radius 3 is 2.44 bits per heavy atom. The smallest absolute Gasteiger partial charge is 0.243 e. The molecule has 0 unspecified atom stereocenters. The SMILES string of the molecule is Cc1cc(C)c(S(=O)(=O)N2CCC(C(=O)NCCc3nc4ccccc4s3)CC2)c(C)c1. The number of amides is 1. The summed E-state index contributed by atoms with van der Waals surface area (Å²) in [6.45, 7) is 6.93. The van der Waals surface area contributed by atoms with Gasteiger partial charge in [0.2, 0.25) is 15.9 Å². The number of rotatable bonds is 6. The summed E-state index contributed by atoms with van der Waals surface area (Å²) in [5.74, 6) is -0.150. The molecule has 4 rings (SSSR count). The van der Waals surface area contributed by atoms with Gasteiger partial charge in [-0.1, -0.05) is 29.8 Å². The second-order valence-electron chi connectivity index (χ2n) is 8.52. The summed E-state index contributed by atoms with van der Waals surface area (Å²) < 4.78 is 29.2. The van der Waals surface area contributed by atoms with Crippen molar-refractivity contribution in [3.63, 3.8) is 0 Å². The van der Waals surface area contributed by atoms with E-state index in [0.717, 1.165) is 31.9 Å². The minimum atomic E-state index is -3.56. The van der Waals surface area contributed by atoms with E-state index in [1.165, 1.54) is 4.31 Å². The van der Waals surface area contributed by atoms with Crippen LogP contribution in [0.15, 0.2) is 41.3 Å². The molecular formula is C24H29N3O3S2. The highest BCUT2D eigenvalue weighted by atomic mass is 32.2. The number of nitrogens with one attached hydrogen (secondary N) is 1. The molecule has 0 radical (unpaired) electrons. The molecule has 1 amide bonds. The molecule has 8 heteroatoms. The molecule has 32 heavy (non-hydrogen) atoms. The van der Waals surface area contributed by atoms with E-state index in [4.69, 9.17) is 0 Å². The quantitative estimate of drug-likeness (QED) is 0.590. The van der Waals surface area contributed by atoms with Gasteiger partial charge >= 0.3 is 0 Å². The van der Waals surface area contributed by atoms with Crippen molar-refractivity contribution < 1.29 is 13.2 Å². The molecule has 0 spiro atoms. The van der Waals surface area contributed by atoms with Gasteiger partial charge < -0.3 is 5.32 Å². The van der Waals surface area contributed by atoms with Gasteiger partial charge in [-0.2, -0.15) is 4.31 Å². The van der Waals surface area contributed by atoms with E-state index in [9.17, 15) is 13.2 Å². The van der Waals surface area contributed by atoms with E-state index < -0.39 is 10.0 Å². The van der Waals surface area contributed by atoms with E-state index in [0.29, 0.717) is 43.8 Å². The first-order valence-corrected chi connectivity index (χ1v) is 13.2. The number of sulfonamides is 1. The molecule has 1 aliphatic rings. The maximum absolute atomic E-state index is 13.2. The summed E-state index contributed by atoms with van der Waals surface area (Å²) in [5, 5.41) is 4.03. The van der Waals surface area contributed by atoms with E-state index in [2.05, 4.69) is 16.4 Å². The van der Waals surface area contributed by atoms with Crippen molar-refractivity contribution in [3.8, 4) is 0 Å². The number of carbonyl (C=O) groups excluding carboxylic acids is 1. The zero-order valence-corrected chi connectivity index (χ0v) is 20.4. The van der Waals surface area contributed by atoms with Crippen LogP contribution in [0, 0.1) is 26.7 Å². The van der Waals surface area contributed by atoms with Crippen LogP contribution in [0.1, 0.15) is 34.5 Å². The van der Waals surface area contributed by atoms with E-state index in [1.54, 1.807) is 11.3 Å². The topological polar surface area (TPSA) is 79.4 Å². The number of nitrogens with zero attached hydrogens (tertiary/aromatic N) is 2. The lowest BCUT2D eigenvalue weighted by molar-refractivity contribution is -0.126. The van der Waals surface area contributed by atoms with Crippen molar-refractivity contribution >= 4 is 37.5 Å². The molecule has 1 N–H and O–H groups in total. The van der Waals surface area contributed by atoms with Gasteiger partial charge in [0.1, 0.15) is 0 Å². The molecule has 0 atom stereocenters. The first-order valence-electron chi connectivity index (χ1n) is 11.0. The van der Waals surface area contributed by atoms with Crippen LogP contribution in [0.3, 0.4) is 0 Å². The predicted octanol–water partition coefficient (Wildman–Crippen LogP) is 3.98. The lowest BCUT2D eigenvalue weighted by atomic mass is 9.97. The van der Waals surface area contributed by atoms with Crippen molar-refractivity contribution in [3.05, 3.63) is 58.1 Å². The molecule has 0 bridgehead atoms. The zero-order valence-electron chi connectivity index (χ0n) is 18.7. The molecule has 0 saturated carbocycles. The van der Waals surface area contributed by atoms with Crippen LogP contribution in [0.2, 0.25) is 0 Å². The van der Waals surface area contributed by atoms with Crippen LogP contribution >= 0.6 is 11.3 Å². The molecule has 2 aromatic carbocycles. The minimum Gasteiger partial charge on any atom is -0.355 e. The maximum Gasteiger partial charge on any atom is 0.243 e. The van der Waals surface area contributed by atoms with Crippen molar-refractivity contribution in [1.29, 1.82) is 0 Å². The van der Waals surface area contributed by atoms with Gasteiger partial charge in [-0.15, -0.1) is 11.3 Å². The van der Waals surface area contributed by atoms with Gasteiger partial charge in [0, 0.05) is 32.0 Å². The number of carbonyl (C=O) groups is 1. The maximum atomic E-state index is 13.2. The second-order valence-corrected chi connectivity index (χ2v) is 11.5. The number of hydrogen-bond donors (Lipinski definition) is 1. The first kappa shape index (κ1) is 22.9. The van der Waals surface area contributed by atoms with E-state index in [-0.39, 0.29) is 11.8 Å². The fraction of sp³-hybridized carbons (Fsp3) is 0.417. The molecule has 1 aliphatic heterocycles. The standard InChI is InChI=1S/C24H29N3O3S2/c1-16-14-17(2)23(18(3)15-16)32(29,30)27-12-9-19(10-13-27)24(28)25-11-8-22-26-20-6-4-5-7-21(20)31-22/h4-7,14-15,19H,8-13H2,1-3H3,(H,25,28). The Balaban J connectivity index is 1.31. The van der Waals surface area contributed by atoms with Crippen molar-refractivity contribution in [2.75, 3.05) is 19.6 Å². The lowest BCUT2D eigenvalue weighted by Gasteiger charge is -2.31. The molecule has 170 valence electrons. The fourth-order valence-corrected chi connectivity index (χ4v) is 7.37. The molecule has 0 aliphatic carbocycles. The van der Waals surface area contributed by atoms with Crippen LogP contribution in [-0.2, 0) is 21.2 Å². The predicted molar refractivity (Wildman–Crippen MR) is 128 cm³/mol. The van der Waals surface area contributed by atoms with E-state index >= 15 is 0 Å². The van der Waals surface area contributed by atoms with Crippen molar-refractivity contribution in [2.45, 2.75) is 44.9 Å². The lowest BCUT2D eigenvalue weighted by Crippen LogP contribution is -2.43. The third-order valence-corrected chi connectivity index (χ3v) is 9.30. The largest absolute Gasteiger partial charge is 0.355 e. The second kappa shape index (κ2) is 9.29. The summed E-state index contributed by atoms with van der Waals surface area (Å²) in [6, 6.07) is 11.8. The third kappa shape index (κ3) is 4.72. The average Bonchev–Trinajstić information content (AvgIpc) is 3.15. The highest BCUT2D eigenvalue weighted by Gasteiger charge is 2.33. The Morgan fingerprint density at radius 1 is 1.12 bits per heavy atom. The van der Waals surface area contributed by atoms with Gasteiger partial charge in [0.25, 0.3) is 0 Å². The van der Waals surface area contributed by atoms with Crippen molar-refractivity contribution in [1.82, 2.24) is 14.6 Å². The van der Waals surface area contributed by atoms with Gasteiger partial charge in [0.15, 0.2) is 0 Å². The van der Waals surface area contributed by atoms with Gasteiger partial charge in [-0.05, 0) is 56.9 Å². The minimum absolute atomic E-state index is 0.00542. The molecule has 3 aromatic rings. The first-order chi connectivity index (χ1) is 15.3. The number of thiazole rings is 1. The number of fused-ring (bicyclic) bond motifs is 1. The highest BCUT2D eigenvalue weighted by Crippen LogP contribution is 2.29. The Bertz CT molecular complexity index is 1190. The number of aromatic nitrogens is 1. The number of benzene rings is 2.